The molecule has 0 saturated heterocycles. The molecule has 1 aliphatic carbocycles. The third-order valence-electron chi connectivity index (χ3n) is 6.57. The van der Waals surface area contributed by atoms with Crippen molar-refractivity contribution < 1.29 is 0 Å². The standard InChI is InChI=1S/C29H32S/c1-3-5-19-29(20-6-4-2)27-10-8-7-9-25(27)26-18-15-23(21-28(26)29)12-11-22-13-16-24(30)17-14-22/h7-18,21,30H,3-6,19-20H2,1-2H3. The molecule has 1 heteroatoms. The van der Waals surface area contributed by atoms with E-state index >= 15 is 0 Å². The minimum absolute atomic E-state index is 0.162. The van der Waals surface area contributed by atoms with Gasteiger partial charge in [0, 0.05) is 10.3 Å². The Hall–Kier alpha value is -2.25. The van der Waals surface area contributed by atoms with Crippen molar-refractivity contribution in [2.45, 2.75) is 62.7 Å². The van der Waals surface area contributed by atoms with E-state index in [4.69, 9.17) is 0 Å². The Morgan fingerprint density at radius 1 is 0.700 bits per heavy atom. The van der Waals surface area contributed by atoms with Crippen molar-refractivity contribution in [2.24, 2.45) is 0 Å². The minimum Gasteiger partial charge on any atom is -0.143 e. The van der Waals surface area contributed by atoms with Crippen LogP contribution in [0.15, 0.2) is 71.6 Å². The van der Waals surface area contributed by atoms with E-state index in [1.165, 1.54) is 60.8 Å². The summed E-state index contributed by atoms with van der Waals surface area (Å²) >= 11 is 4.39. The van der Waals surface area contributed by atoms with Gasteiger partial charge in [0.2, 0.25) is 0 Å². The summed E-state index contributed by atoms with van der Waals surface area (Å²) in [5, 5.41) is 0. The lowest BCUT2D eigenvalue weighted by atomic mass is 9.70. The molecule has 4 rings (SSSR count). The molecule has 0 aromatic heterocycles. The molecule has 3 aromatic carbocycles. The molecular weight excluding hydrogens is 380 g/mol. The maximum Gasteiger partial charge on any atom is 0.0215 e. The van der Waals surface area contributed by atoms with Crippen molar-refractivity contribution in [3.63, 3.8) is 0 Å². The second-order valence-corrected chi connectivity index (χ2v) is 9.08. The molecule has 0 N–H and O–H groups in total. The number of hydrogen-bond donors (Lipinski definition) is 1. The van der Waals surface area contributed by atoms with E-state index in [0.29, 0.717) is 0 Å². The predicted octanol–water partition coefficient (Wildman–Crippen LogP) is 8.79. The number of rotatable bonds is 8. The molecule has 0 unspecified atom stereocenters. The van der Waals surface area contributed by atoms with Crippen LogP contribution in [0, 0.1) is 0 Å². The third kappa shape index (κ3) is 4.01. The lowest BCUT2D eigenvalue weighted by molar-refractivity contribution is 0.414. The maximum absolute atomic E-state index is 4.39. The first kappa shape index (κ1) is 21.0. The van der Waals surface area contributed by atoms with Gasteiger partial charge in [-0.25, -0.2) is 0 Å². The van der Waals surface area contributed by atoms with E-state index in [2.05, 4.69) is 93.2 Å². The van der Waals surface area contributed by atoms with Crippen LogP contribution in [-0.4, -0.2) is 0 Å². The summed E-state index contributed by atoms with van der Waals surface area (Å²) in [5.41, 5.74) is 8.63. The van der Waals surface area contributed by atoms with Crippen molar-refractivity contribution in [1.29, 1.82) is 0 Å². The van der Waals surface area contributed by atoms with Gasteiger partial charge in [-0.1, -0.05) is 106 Å². The highest BCUT2D eigenvalue weighted by Gasteiger charge is 2.41. The van der Waals surface area contributed by atoms with Crippen molar-refractivity contribution in [3.8, 4) is 11.1 Å². The highest BCUT2D eigenvalue weighted by molar-refractivity contribution is 7.80. The third-order valence-corrected chi connectivity index (χ3v) is 6.87. The quantitative estimate of drug-likeness (QED) is 0.277. The molecular formula is C29H32S. The number of unbranched alkanes of at least 4 members (excludes halogenated alkanes) is 2. The normalized spacial score (nSPS) is 14.1. The summed E-state index contributed by atoms with van der Waals surface area (Å²) in [6, 6.07) is 24.5. The van der Waals surface area contributed by atoms with Gasteiger partial charge in [-0.15, -0.1) is 12.6 Å². The maximum atomic E-state index is 4.39. The molecule has 154 valence electrons. The second kappa shape index (κ2) is 9.27. The monoisotopic (exact) mass is 412 g/mol. The molecule has 0 fully saturated rings. The van der Waals surface area contributed by atoms with Crippen molar-refractivity contribution in [2.75, 3.05) is 0 Å². The van der Waals surface area contributed by atoms with Gasteiger partial charge in [-0.05, 0) is 58.4 Å². The largest absolute Gasteiger partial charge is 0.143 e. The molecule has 0 saturated carbocycles. The second-order valence-electron chi connectivity index (χ2n) is 8.56. The molecule has 30 heavy (non-hydrogen) atoms. The average molecular weight is 413 g/mol. The first-order chi connectivity index (χ1) is 14.7. The Morgan fingerprint density at radius 3 is 2.00 bits per heavy atom. The Bertz CT molecular complexity index is 1020. The fourth-order valence-corrected chi connectivity index (χ4v) is 5.12. The van der Waals surface area contributed by atoms with Crippen molar-refractivity contribution in [1.82, 2.24) is 0 Å². The summed E-state index contributed by atoms with van der Waals surface area (Å²) in [6.45, 7) is 4.62. The zero-order valence-electron chi connectivity index (χ0n) is 18.2. The summed E-state index contributed by atoms with van der Waals surface area (Å²) in [4.78, 5) is 0.999. The molecule has 0 atom stereocenters. The van der Waals surface area contributed by atoms with Gasteiger partial charge >= 0.3 is 0 Å². The fraction of sp³-hybridized carbons (Fsp3) is 0.310. The van der Waals surface area contributed by atoms with E-state index in [1.54, 1.807) is 11.1 Å². The molecule has 0 nitrogen and oxygen atoms in total. The average Bonchev–Trinajstić information content (AvgIpc) is 3.05. The Kier molecular flexibility index (Phi) is 6.49. The highest BCUT2D eigenvalue weighted by Crippen LogP contribution is 2.54. The molecule has 0 heterocycles. The van der Waals surface area contributed by atoms with Crippen LogP contribution in [0.5, 0.6) is 0 Å². The van der Waals surface area contributed by atoms with E-state index < -0.39 is 0 Å². The van der Waals surface area contributed by atoms with E-state index in [-0.39, 0.29) is 5.41 Å². The van der Waals surface area contributed by atoms with Crippen LogP contribution in [-0.2, 0) is 5.41 Å². The SMILES string of the molecule is CCCCC1(CCCC)c2ccccc2-c2ccc(C=Cc3ccc(S)cc3)cc21. The van der Waals surface area contributed by atoms with Crippen LogP contribution < -0.4 is 0 Å². The lowest BCUT2D eigenvalue weighted by Crippen LogP contribution is -2.25. The smallest absolute Gasteiger partial charge is 0.0215 e. The molecule has 0 radical (unpaired) electrons. The van der Waals surface area contributed by atoms with Crippen molar-refractivity contribution >= 4 is 24.8 Å². The number of benzene rings is 3. The van der Waals surface area contributed by atoms with Crippen LogP contribution in [0.2, 0.25) is 0 Å². The van der Waals surface area contributed by atoms with E-state index in [9.17, 15) is 0 Å². The summed E-state index contributed by atoms with van der Waals surface area (Å²) < 4.78 is 0. The van der Waals surface area contributed by atoms with Gasteiger partial charge in [0.25, 0.3) is 0 Å². The first-order valence-corrected chi connectivity index (χ1v) is 11.8. The zero-order valence-corrected chi connectivity index (χ0v) is 19.1. The van der Waals surface area contributed by atoms with Gasteiger partial charge in [-0.2, -0.15) is 0 Å². The molecule has 0 spiro atoms. The van der Waals surface area contributed by atoms with Crippen LogP contribution >= 0.6 is 12.6 Å². The van der Waals surface area contributed by atoms with Crippen LogP contribution in [0.3, 0.4) is 0 Å². The topological polar surface area (TPSA) is 0 Å². The van der Waals surface area contributed by atoms with Gasteiger partial charge < -0.3 is 0 Å². The van der Waals surface area contributed by atoms with Crippen LogP contribution in [0.1, 0.15) is 74.6 Å². The minimum atomic E-state index is 0.162. The molecule has 0 bridgehead atoms. The Morgan fingerprint density at radius 2 is 1.30 bits per heavy atom. The Balaban J connectivity index is 1.77. The number of hydrogen-bond acceptors (Lipinski definition) is 1. The van der Waals surface area contributed by atoms with E-state index in [1.807, 2.05) is 12.1 Å². The van der Waals surface area contributed by atoms with Gasteiger partial charge in [0.1, 0.15) is 0 Å². The van der Waals surface area contributed by atoms with Gasteiger partial charge in [0.05, 0.1) is 0 Å². The molecule has 0 amide bonds. The van der Waals surface area contributed by atoms with E-state index in [0.717, 1.165) is 4.90 Å². The summed E-state index contributed by atoms with van der Waals surface area (Å²) in [7, 11) is 0. The molecule has 1 aliphatic rings. The number of thiol groups is 1. The zero-order chi connectivity index (χ0) is 21.0. The van der Waals surface area contributed by atoms with Gasteiger partial charge in [0.15, 0.2) is 0 Å². The Labute approximate surface area is 187 Å². The van der Waals surface area contributed by atoms with Crippen LogP contribution in [0.4, 0.5) is 0 Å². The first-order valence-electron chi connectivity index (χ1n) is 11.4. The highest BCUT2D eigenvalue weighted by atomic mass is 32.1. The molecule has 3 aromatic rings. The number of fused-ring (bicyclic) bond motifs is 3. The lowest BCUT2D eigenvalue weighted by Gasteiger charge is -2.32. The van der Waals surface area contributed by atoms with Crippen LogP contribution in [0.25, 0.3) is 23.3 Å². The fourth-order valence-electron chi connectivity index (χ4n) is 4.98. The predicted molar refractivity (Wildman–Crippen MR) is 134 cm³/mol. The summed E-state index contributed by atoms with van der Waals surface area (Å²) in [5.74, 6) is 0. The summed E-state index contributed by atoms with van der Waals surface area (Å²) in [6.07, 6.45) is 12.0. The van der Waals surface area contributed by atoms with Gasteiger partial charge in [-0.3, -0.25) is 0 Å². The van der Waals surface area contributed by atoms with Crippen molar-refractivity contribution in [3.05, 3.63) is 89.0 Å². The molecule has 0 aliphatic heterocycles.